The van der Waals surface area contributed by atoms with Crippen molar-refractivity contribution in [1.29, 1.82) is 0 Å². The van der Waals surface area contributed by atoms with Crippen molar-refractivity contribution in [3.8, 4) is 0 Å². The molecule has 0 amide bonds. The maximum Gasteiger partial charge on any atom is 0.187 e. The van der Waals surface area contributed by atoms with Crippen LogP contribution in [0.5, 0.6) is 0 Å². The van der Waals surface area contributed by atoms with Crippen molar-refractivity contribution in [2.75, 3.05) is 5.73 Å². The summed E-state index contributed by atoms with van der Waals surface area (Å²) in [6.07, 6.45) is 1.92. The number of hydrogen-bond acceptors (Lipinski definition) is 3. The molecule has 18 heavy (non-hydrogen) atoms. The molecule has 92 valence electrons. The van der Waals surface area contributed by atoms with E-state index < -0.39 is 0 Å². The van der Waals surface area contributed by atoms with Gasteiger partial charge < -0.3 is 5.73 Å². The topological polar surface area (TPSA) is 56.0 Å². The lowest BCUT2D eigenvalue weighted by Crippen LogP contribution is -2.09. The minimum Gasteiger partial charge on any atom is -0.397 e. The van der Waals surface area contributed by atoms with Gasteiger partial charge in [0, 0.05) is 12.6 Å². The molecule has 2 N–H and O–H groups in total. The number of carbonyl (C=O) groups excluding carboxylic acids is 1. The van der Waals surface area contributed by atoms with Gasteiger partial charge in [0.1, 0.15) is 5.69 Å². The first-order valence-corrected chi connectivity index (χ1v) is 5.88. The number of anilines is 1. The zero-order valence-corrected chi connectivity index (χ0v) is 10.6. The van der Waals surface area contributed by atoms with Crippen LogP contribution in [-0.2, 0) is 6.42 Å². The van der Waals surface area contributed by atoms with Crippen LogP contribution in [0.3, 0.4) is 0 Å². The normalized spacial score (nSPS) is 10.3. The quantitative estimate of drug-likeness (QED) is 0.839. The fraction of sp³-hybridized carbons (Fsp3) is 0.200. The zero-order chi connectivity index (χ0) is 13.1. The van der Waals surface area contributed by atoms with Crippen LogP contribution in [0.15, 0.2) is 36.5 Å². The third-order valence-electron chi connectivity index (χ3n) is 3.04. The SMILES string of the molecule is Cc1ccc(CC(=O)c2ncccc2N)cc1C. The molecule has 1 aromatic heterocycles. The number of carbonyl (C=O) groups is 1. The first-order valence-electron chi connectivity index (χ1n) is 5.88. The summed E-state index contributed by atoms with van der Waals surface area (Å²) in [5, 5.41) is 0. The number of rotatable bonds is 3. The highest BCUT2D eigenvalue weighted by Crippen LogP contribution is 2.14. The second-order valence-electron chi connectivity index (χ2n) is 4.46. The predicted octanol–water partition coefficient (Wildman–Crippen LogP) is 2.71. The summed E-state index contributed by atoms with van der Waals surface area (Å²) < 4.78 is 0. The first-order chi connectivity index (χ1) is 8.58. The first kappa shape index (κ1) is 12.3. The van der Waals surface area contributed by atoms with Crippen LogP contribution < -0.4 is 5.73 Å². The van der Waals surface area contributed by atoms with Gasteiger partial charge in [0.25, 0.3) is 0 Å². The Morgan fingerprint density at radius 1 is 1.22 bits per heavy atom. The third-order valence-corrected chi connectivity index (χ3v) is 3.04. The lowest BCUT2D eigenvalue weighted by atomic mass is 10.0. The second-order valence-corrected chi connectivity index (χ2v) is 4.46. The van der Waals surface area contributed by atoms with E-state index in [-0.39, 0.29) is 5.78 Å². The molecule has 3 nitrogen and oxygen atoms in total. The highest BCUT2D eigenvalue weighted by Gasteiger charge is 2.11. The van der Waals surface area contributed by atoms with Gasteiger partial charge in [-0.05, 0) is 42.7 Å². The molecule has 1 heterocycles. The van der Waals surface area contributed by atoms with E-state index in [2.05, 4.69) is 11.9 Å². The van der Waals surface area contributed by atoms with Gasteiger partial charge in [-0.2, -0.15) is 0 Å². The van der Waals surface area contributed by atoms with Gasteiger partial charge >= 0.3 is 0 Å². The van der Waals surface area contributed by atoms with Crippen molar-refractivity contribution in [2.24, 2.45) is 0 Å². The van der Waals surface area contributed by atoms with Gasteiger partial charge in [-0.3, -0.25) is 9.78 Å². The number of benzene rings is 1. The van der Waals surface area contributed by atoms with Gasteiger partial charge in [-0.15, -0.1) is 0 Å². The molecule has 0 aliphatic rings. The number of pyridine rings is 1. The number of aromatic nitrogens is 1. The molecule has 3 heteroatoms. The lowest BCUT2D eigenvalue weighted by Gasteiger charge is -2.06. The summed E-state index contributed by atoms with van der Waals surface area (Å²) in [7, 11) is 0. The van der Waals surface area contributed by atoms with E-state index >= 15 is 0 Å². The summed E-state index contributed by atoms with van der Waals surface area (Å²) in [5.74, 6) is -0.0450. The Hall–Kier alpha value is -2.16. The molecule has 0 radical (unpaired) electrons. The van der Waals surface area contributed by atoms with Crippen molar-refractivity contribution in [1.82, 2.24) is 4.98 Å². The van der Waals surface area contributed by atoms with Gasteiger partial charge in [0.15, 0.2) is 5.78 Å². The molecule has 0 atom stereocenters. The van der Waals surface area contributed by atoms with Crippen LogP contribution in [0, 0.1) is 13.8 Å². The molecule has 2 aromatic rings. The maximum absolute atomic E-state index is 12.1. The van der Waals surface area contributed by atoms with Crippen LogP contribution in [0.1, 0.15) is 27.2 Å². The average Bonchev–Trinajstić information content (AvgIpc) is 2.34. The van der Waals surface area contributed by atoms with Crippen molar-refractivity contribution < 1.29 is 4.79 Å². The van der Waals surface area contributed by atoms with Crippen molar-refractivity contribution in [3.05, 3.63) is 58.9 Å². The van der Waals surface area contributed by atoms with Gasteiger partial charge in [-0.1, -0.05) is 18.2 Å². The molecule has 2 rings (SSSR count). The molecule has 0 bridgehead atoms. The summed E-state index contributed by atoms with van der Waals surface area (Å²) in [4.78, 5) is 16.1. The smallest absolute Gasteiger partial charge is 0.187 e. The monoisotopic (exact) mass is 240 g/mol. The Morgan fingerprint density at radius 3 is 2.67 bits per heavy atom. The van der Waals surface area contributed by atoms with E-state index in [4.69, 9.17) is 5.73 Å². The van der Waals surface area contributed by atoms with Crippen molar-refractivity contribution in [2.45, 2.75) is 20.3 Å². The van der Waals surface area contributed by atoms with Gasteiger partial charge in [0.2, 0.25) is 0 Å². The van der Waals surface area contributed by atoms with E-state index in [0.717, 1.165) is 5.56 Å². The third kappa shape index (κ3) is 2.56. The highest BCUT2D eigenvalue weighted by molar-refractivity contribution is 5.99. The molecule has 0 aliphatic carbocycles. The minimum absolute atomic E-state index is 0.0450. The number of aryl methyl sites for hydroxylation is 2. The fourth-order valence-corrected chi connectivity index (χ4v) is 1.83. The summed E-state index contributed by atoms with van der Waals surface area (Å²) in [6.45, 7) is 4.09. The van der Waals surface area contributed by atoms with Gasteiger partial charge in [0.05, 0.1) is 5.69 Å². The maximum atomic E-state index is 12.1. The van der Waals surface area contributed by atoms with E-state index in [1.54, 1.807) is 18.3 Å². The second kappa shape index (κ2) is 5.00. The van der Waals surface area contributed by atoms with Crippen LogP contribution in [0.2, 0.25) is 0 Å². The zero-order valence-electron chi connectivity index (χ0n) is 10.6. The molecule has 0 saturated carbocycles. The molecule has 0 unspecified atom stereocenters. The largest absolute Gasteiger partial charge is 0.397 e. The highest BCUT2D eigenvalue weighted by atomic mass is 16.1. The molecule has 0 saturated heterocycles. The Bertz CT molecular complexity index is 591. The van der Waals surface area contributed by atoms with Crippen molar-refractivity contribution >= 4 is 11.5 Å². The Morgan fingerprint density at radius 2 is 2.00 bits per heavy atom. The van der Waals surface area contributed by atoms with Crippen LogP contribution in [0.4, 0.5) is 5.69 Å². The summed E-state index contributed by atoms with van der Waals surface area (Å²) >= 11 is 0. The van der Waals surface area contributed by atoms with E-state index in [0.29, 0.717) is 17.8 Å². The minimum atomic E-state index is -0.0450. The number of Topliss-reactive ketones (excluding diaryl/α,β-unsaturated/α-hetero) is 1. The van der Waals surface area contributed by atoms with Crippen LogP contribution >= 0.6 is 0 Å². The standard InChI is InChI=1S/C15H16N2O/c1-10-5-6-12(8-11(10)2)9-14(18)15-13(16)4-3-7-17-15/h3-8H,9,16H2,1-2H3. The summed E-state index contributed by atoms with van der Waals surface area (Å²) in [6, 6.07) is 9.45. The van der Waals surface area contributed by atoms with Crippen LogP contribution in [-0.4, -0.2) is 10.8 Å². The van der Waals surface area contributed by atoms with E-state index in [9.17, 15) is 4.79 Å². The predicted molar refractivity (Wildman–Crippen MR) is 72.6 cm³/mol. The molecular weight excluding hydrogens is 224 g/mol. The number of hydrogen-bond donors (Lipinski definition) is 1. The molecule has 1 aromatic carbocycles. The Balaban J connectivity index is 2.22. The Labute approximate surface area is 107 Å². The number of nitrogens with two attached hydrogens (primary N) is 1. The van der Waals surface area contributed by atoms with Gasteiger partial charge in [-0.25, -0.2) is 0 Å². The molecular formula is C15H16N2O. The Kier molecular flexibility index (Phi) is 3.42. The molecule has 0 fully saturated rings. The number of ketones is 1. The van der Waals surface area contributed by atoms with Crippen molar-refractivity contribution in [3.63, 3.8) is 0 Å². The van der Waals surface area contributed by atoms with E-state index in [1.807, 2.05) is 25.1 Å². The fourth-order valence-electron chi connectivity index (χ4n) is 1.83. The van der Waals surface area contributed by atoms with E-state index in [1.165, 1.54) is 11.1 Å². The number of nitrogen functional groups attached to an aromatic ring is 1. The molecule has 0 spiro atoms. The number of nitrogens with zero attached hydrogens (tertiary/aromatic N) is 1. The average molecular weight is 240 g/mol. The lowest BCUT2D eigenvalue weighted by molar-refractivity contribution is 0.0989. The van der Waals surface area contributed by atoms with Crippen LogP contribution in [0.25, 0.3) is 0 Å². The molecule has 0 aliphatic heterocycles. The summed E-state index contributed by atoms with van der Waals surface area (Å²) in [5.41, 5.74) is 9.95.